The van der Waals surface area contributed by atoms with Gasteiger partial charge >= 0.3 is 5.97 Å². The number of carboxylic acids is 1. The van der Waals surface area contributed by atoms with Crippen LogP contribution in [0.5, 0.6) is 0 Å². The van der Waals surface area contributed by atoms with Gasteiger partial charge in [-0.2, -0.15) is 0 Å². The Balaban J connectivity index is 2.11. The highest BCUT2D eigenvalue weighted by molar-refractivity contribution is 6.31. The second-order valence-corrected chi connectivity index (χ2v) is 5.76. The Bertz CT molecular complexity index is 455. The van der Waals surface area contributed by atoms with Gasteiger partial charge in [-0.05, 0) is 43.9 Å². The average Bonchev–Trinajstić information content (AvgIpc) is 2.41. The number of anilines is 1. The van der Waals surface area contributed by atoms with Crippen molar-refractivity contribution in [3.63, 3.8) is 0 Å². The molecule has 104 valence electrons. The zero-order valence-corrected chi connectivity index (χ0v) is 11.9. The van der Waals surface area contributed by atoms with Crippen LogP contribution in [0.3, 0.4) is 0 Å². The summed E-state index contributed by atoms with van der Waals surface area (Å²) in [7, 11) is 0. The topological polar surface area (TPSA) is 49.3 Å². The summed E-state index contributed by atoms with van der Waals surface area (Å²) in [5, 5.41) is 13.0. The van der Waals surface area contributed by atoms with Gasteiger partial charge in [-0.15, -0.1) is 0 Å². The molecule has 3 nitrogen and oxygen atoms in total. The number of carboxylic acid groups (broad SMARTS) is 1. The smallest absolute Gasteiger partial charge is 0.337 e. The van der Waals surface area contributed by atoms with E-state index in [4.69, 9.17) is 11.6 Å². The first kappa shape index (κ1) is 14.2. The number of benzene rings is 1. The molecule has 0 radical (unpaired) electrons. The molecule has 0 spiro atoms. The van der Waals surface area contributed by atoms with Gasteiger partial charge in [-0.3, -0.25) is 0 Å². The molecule has 2 rings (SSSR count). The molecule has 0 aromatic heterocycles. The highest BCUT2D eigenvalue weighted by Crippen LogP contribution is 2.29. The molecule has 1 aliphatic rings. The van der Waals surface area contributed by atoms with Gasteiger partial charge in [-0.25, -0.2) is 4.79 Å². The summed E-state index contributed by atoms with van der Waals surface area (Å²) in [6, 6.07) is 5.27. The van der Waals surface area contributed by atoms with Crippen molar-refractivity contribution in [1.29, 1.82) is 0 Å². The lowest BCUT2D eigenvalue weighted by atomic mass is 9.84. The van der Waals surface area contributed by atoms with Crippen molar-refractivity contribution in [2.24, 2.45) is 5.92 Å². The van der Waals surface area contributed by atoms with E-state index in [1.54, 1.807) is 12.1 Å². The largest absolute Gasteiger partial charge is 0.478 e. The molecule has 19 heavy (non-hydrogen) atoms. The van der Waals surface area contributed by atoms with E-state index in [1.165, 1.54) is 38.2 Å². The van der Waals surface area contributed by atoms with Crippen LogP contribution in [0.4, 0.5) is 5.69 Å². The van der Waals surface area contributed by atoms with Crippen LogP contribution in [0.25, 0.3) is 0 Å². The van der Waals surface area contributed by atoms with Gasteiger partial charge in [0.1, 0.15) is 0 Å². The fraction of sp³-hybridized carbons (Fsp3) is 0.533. The fourth-order valence-corrected chi connectivity index (χ4v) is 2.99. The first-order valence-corrected chi connectivity index (χ1v) is 7.25. The summed E-state index contributed by atoms with van der Waals surface area (Å²) in [6.45, 7) is 2.14. The highest BCUT2D eigenvalue weighted by Gasteiger charge is 2.21. The molecule has 1 unspecified atom stereocenters. The van der Waals surface area contributed by atoms with Gasteiger partial charge in [0.15, 0.2) is 0 Å². The van der Waals surface area contributed by atoms with Crippen molar-refractivity contribution in [3.8, 4) is 0 Å². The van der Waals surface area contributed by atoms with Crippen LogP contribution in [0.2, 0.25) is 5.02 Å². The third-order valence-electron chi connectivity index (χ3n) is 3.95. The molecule has 0 bridgehead atoms. The van der Waals surface area contributed by atoms with Gasteiger partial charge in [0.2, 0.25) is 0 Å². The van der Waals surface area contributed by atoms with Gasteiger partial charge in [0.25, 0.3) is 0 Å². The fourth-order valence-electron chi connectivity index (χ4n) is 2.82. The number of nitrogens with one attached hydrogen (secondary N) is 1. The van der Waals surface area contributed by atoms with Gasteiger partial charge in [0, 0.05) is 16.8 Å². The third kappa shape index (κ3) is 3.63. The maximum atomic E-state index is 11.2. The van der Waals surface area contributed by atoms with Gasteiger partial charge < -0.3 is 10.4 Å². The summed E-state index contributed by atoms with van der Waals surface area (Å²) in [5.74, 6) is -0.313. The van der Waals surface area contributed by atoms with Crippen molar-refractivity contribution in [2.75, 3.05) is 5.32 Å². The molecule has 1 fully saturated rings. The zero-order valence-electron chi connectivity index (χ0n) is 11.2. The zero-order chi connectivity index (χ0) is 13.8. The monoisotopic (exact) mass is 281 g/mol. The molecule has 2 N–H and O–H groups in total. The Hall–Kier alpha value is -1.22. The molecule has 0 amide bonds. The van der Waals surface area contributed by atoms with Gasteiger partial charge in [-0.1, -0.05) is 30.9 Å². The molecular formula is C15H20ClNO2. The Morgan fingerprint density at radius 3 is 2.68 bits per heavy atom. The van der Waals surface area contributed by atoms with Gasteiger partial charge in [0.05, 0.1) is 5.56 Å². The minimum atomic E-state index is -0.944. The molecule has 0 aliphatic heterocycles. The highest BCUT2D eigenvalue weighted by atomic mass is 35.5. The quantitative estimate of drug-likeness (QED) is 0.859. The van der Waals surface area contributed by atoms with E-state index in [1.807, 2.05) is 0 Å². The predicted molar refractivity (Wildman–Crippen MR) is 78.1 cm³/mol. The summed E-state index contributed by atoms with van der Waals surface area (Å²) in [6.07, 6.45) is 6.34. The lowest BCUT2D eigenvalue weighted by Crippen LogP contribution is -2.28. The number of hydrogen-bond acceptors (Lipinski definition) is 2. The lowest BCUT2D eigenvalue weighted by molar-refractivity contribution is 0.0698. The first-order valence-electron chi connectivity index (χ1n) is 6.87. The van der Waals surface area contributed by atoms with Crippen molar-refractivity contribution in [1.82, 2.24) is 0 Å². The Morgan fingerprint density at radius 1 is 1.37 bits per heavy atom. The minimum Gasteiger partial charge on any atom is -0.478 e. The number of halogens is 1. The summed E-state index contributed by atoms with van der Waals surface area (Å²) >= 11 is 5.86. The van der Waals surface area contributed by atoms with E-state index in [0.29, 0.717) is 22.7 Å². The second-order valence-electron chi connectivity index (χ2n) is 5.33. The average molecular weight is 282 g/mol. The molecule has 1 saturated carbocycles. The summed E-state index contributed by atoms with van der Waals surface area (Å²) in [5.41, 5.74) is 0.908. The number of rotatable bonds is 4. The Morgan fingerprint density at radius 2 is 2.05 bits per heavy atom. The SMILES string of the molecule is CC(Nc1ccc(Cl)cc1C(=O)O)C1CCCCC1. The molecule has 1 aliphatic carbocycles. The Labute approximate surface area is 119 Å². The molecule has 0 saturated heterocycles. The van der Waals surface area contributed by atoms with Crippen LogP contribution >= 0.6 is 11.6 Å². The maximum absolute atomic E-state index is 11.2. The third-order valence-corrected chi connectivity index (χ3v) is 4.19. The van der Waals surface area contributed by atoms with E-state index in [0.717, 1.165) is 0 Å². The van der Waals surface area contributed by atoms with Crippen molar-refractivity contribution in [2.45, 2.75) is 45.1 Å². The maximum Gasteiger partial charge on any atom is 0.337 e. The number of carbonyl (C=O) groups is 1. The van der Waals surface area contributed by atoms with E-state index in [2.05, 4.69) is 12.2 Å². The van der Waals surface area contributed by atoms with E-state index < -0.39 is 5.97 Å². The number of hydrogen-bond donors (Lipinski definition) is 2. The summed E-state index contributed by atoms with van der Waals surface area (Å²) < 4.78 is 0. The normalized spacial score (nSPS) is 18.0. The first-order chi connectivity index (χ1) is 9.08. The van der Waals surface area contributed by atoms with Crippen LogP contribution in [0.1, 0.15) is 49.4 Å². The van der Waals surface area contributed by atoms with Crippen molar-refractivity contribution < 1.29 is 9.90 Å². The van der Waals surface area contributed by atoms with Crippen LogP contribution in [0.15, 0.2) is 18.2 Å². The molecule has 1 atom stereocenters. The van der Waals surface area contributed by atoms with Crippen molar-refractivity contribution in [3.05, 3.63) is 28.8 Å². The second kappa shape index (κ2) is 6.29. The van der Waals surface area contributed by atoms with Crippen molar-refractivity contribution >= 4 is 23.3 Å². The predicted octanol–water partition coefficient (Wildman–Crippen LogP) is 4.42. The molecule has 1 aromatic carbocycles. The molecular weight excluding hydrogens is 262 g/mol. The van der Waals surface area contributed by atoms with E-state index in [-0.39, 0.29) is 5.56 Å². The number of aromatic carboxylic acids is 1. The summed E-state index contributed by atoms with van der Waals surface area (Å²) in [4.78, 5) is 11.2. The lowest BCUT2D eigenvalue weighted by Gasteiger charge is -2.29. The Kier molecular flexibility index (Phi) is 4.70. The minimum absolute atomic E-state index is 0.246. The van der Waals surface area contributed by atoms with Crippen LogP contribution in [-0.4, -0.2) is 17.1 Å². The van der Waals surface area contributed by atoms with Crippen LogP contribution in [-0.2, 0) is 0 Å². The van der Waals surface area contributed by atoms with Crippen LogP contribution in [0, 0.1) is 5.92 Å². The standard InChI is InChI=1S/C15H20ClNO2/c1-10(11-5-3-2-4-6-11)17-14-8-7-12(16)9-13(14)15(18)19/h7-11,17H,2-6H2,1H3,(H,18,19). The molecule has 4 heteroatoms. The molecule has 1 aromatic rings. The molecule has 0 heterocycles. The van der Waals surface area contributed by atoms with E-state index in [9.17, 15) is 9.90 Å². The van der Waals surface area contributed by atoms with Crippen LogP contribution < -0.4 is 5.32 Å². The van der Waals surface area contributed by atoms with E-state index >= 15 is 0 Å².